The smallest absolute Gasteiger partial charge is 0.310 e. The molecule has 0 saturated carbocycles. The Bertz CT molecular complexity index is 466. The summed E-state index contributed by atoms with van der Waals surface area (Å²) in [6.07, 6.45) is 0.0831. The van der Waals surface area contributed by atoms with E-state index >= 15 is 0 Å². The van der Waals surface area contributed by atoms with E-state index in [-0.39, 0.29) is 12.4 Å². The Balaban J connectivity index is 3.09. The summed E-state index contributed by atoms with van der Waals surface area (Å²) in [5.74, 6) is 0.0367. The summed E-state index contributed by atoms with van der Waals surface area (Å²) in [5, 5.41) is 9.00. The van der Waals surface area contributed by atoms with E-state index < -0.39 is 0 Å². The third-order valence-corrected chi connectivity index (χ3v) is 2.55. The number of benzene rings is 1. The molecule has 0 radical (unpaired) electrons. The summed E-state index contributed by atoms with van der Waals surface area (Å²) in [4.78, 5) is 11.9. The van der Waals surface area contributed by atoms with Crippen LogP contribution >= 0.6 is 12.6 Å². The fourth-order valence-corrected chi connectivity index (χ4v) is 1.69. The number of nitrogens with zero attached hydrogens (tertiary/aromatic N) is 1. The molecular formula is C12H13NO3S. The Kier molecular flexibility index (Phi) is 4.85. The molecule has 0 aliphatic carbocycles. The van der Waals surface area contributed by atoms with Crippen LogP contribution in [0.15, 0.2) is 17.0 Å². The van der Waals surface area contributed by atoms with Crippen LogP contribution in [-0.4, -0.2) is 19.7 Å². The Morgan fingerprint density at radius 1 is 1.53 bits per heavy atom. The number of methoxy groups -OCH3 is 1. The summed E-state index contributed by atoms with van der Waals surface area (Å²) in [7, 11) is 1.46. The van der Waals surface area contributed by atoms with Crippen molar-refractivity contribution in [2.75, 3.05) is 13.7 Å². The SMILES string of the molecule is CCOC(=O)Cc1ccc(S)c(C#N)c1OC. The molecule has 1 aromatic rings. The first-order chi connectivity index (χ1) is 8.13. The first-order valence-corrected chi connectivity index (χ1v) is 5.53. The number of nitriles is 1. The highest BCUT2D eigenvalue weighted by Crippen LogP contribution is 2.29. The van der Waals surface area contributed by atoms with Gasteiger partial charge in [0.1, 0.15) is 17.4 Å². The van der Waals surface area contributed by atoms with Crippen molar-refractivity contribution < 1.29 is 14.3 Å². The van der Waals surface area contributed by atoms with Crippen molar-refractivity contribution in [1.29, 1.82) is 5.26 Å². The van der Waals surface area contributed by atoms with Crippen molar-refractivity contribution in [3.05, 3.63) is 23.3 Å². The van der Waals surface area contributed by atoms with Gasteiger partial charge in [-0.25, -0.2) is 0 Å². The zero-order chi connectivity index (χ0) is 12.8. The third-order valence-electron chi connectivity index (χ3n) is 2.17. The van der Waals surface area contributed by atoms with E-state index in [0.717, 1.165) is 0 Å². The molecule has 90 valence electrons. The maximum atomic E-state index is 11.4. The number of hydrogen-bond donors (Lipinski definition) is 1. The molecule has 0 aromatic heterocycles. The number of carbonyl (C=O) groups excluding carboxylic acids is 1. The highest BCUT2D eigenvalue weighted by molar-refractivity contribution is 7.80. The van der Waals surface area contributed by atoms with Crippen molar-refractivity contribution >= 4 is 18.6 Å². The van der Waals surface area contributed by atoms with E-state index in [1.807, 2.05) is 6.07 Å². The molecule has 0 fully saturated rings. The van der Waals surface area contributed by atoms with Gasteiger partial charge in [-0.3, -0.25) is 4.79 Å². The molecule has 5 heteroatoms. The number of esters is 1. The Morgan fingerprint density at radius 2 is 2.24 bits per heavy atom. The molecule has 1 rings (SSSR count). The second-order valence-electron chi connectivity index (χ2n) is 3.25. The van der Waals surface area contributed by atoms with E-state index in [4.69, 9.17) is 14.7 Å². The van der Waals surface area contributed by atoms with Gasteiger partial charge in [0.2, 0.25) is 0 Å². The zero-order valence-corrected chi connectivity index (χ0v) is 10.6. The molecule has 4 nitrogen and oxygen atoms in total. The lowest BCUT2D eigenvalue weighted by molar-refractivity contribution is -0.142. The summed E-state index contributed by atoms with van der Waals surface area (Å²) >= 11 is 4.16. The molecule has 0 N–H and O–H groups in total. The number of rotatable bonds is 4. The first kappa shape index (κ1) is 13.4. The van der Waals surface area contributed by atoms with Crippen LogP contribution in [0.3, 0.4) is 0 Å². The van der Waals surface area contributed by atoms with Crippen molar-refractivity contribution in [1.82, 2.24) is 0 Å². The third kappa shape index (κ3) is 3.14. The highest BCUT2D eigenvalue weighted by Gasteiger charge is 2.15. The van der Waals surface area contributed by atoms with E-state index in [1.165, 1.54) is 7.11 Å². The predicted octanol–water partition coefficient (Wildman–Crippen LogP) is 1.96. The van der Waals surface area contributed by atoms with Crippen molar-refractivity contribution in [2.24, 2.45) is 0 Å². The molecule has 0 amide bonds. The van der Waals surface area contributed by atoms with Crippen LogP contribution < -0.4 is 4.74 Å². The molecule has 0 atom stereocenters. The predicted molar refractivity (Wildman–Crippen MR) is 65.3 cm³/mol. The fraction of sp³-hybridized carbons (Fsp3) is 0.333. The van der Waals surface area contributed by atoms with Crippen molar-refractivity contribution in [2.45, 2.75) is 18.2 Å². The quantitative estimate of drug-likeness (QED) is 0.656. The second kappa shape index (κ2) is 6.16. The van der Waals surface area contributed by atoms with Gasteiger partial charge in [0.15, 0.2) is 0 Å². The van der Waals surface area contributed by atoms with Crippen LogP contribution in [-0.2, 0) is 16.0 Å². The van der Waals surface area contributed by atoms with Gasteiger partial charge < -0.3 is 9.47 Å². The molecule has 1 aromatic carbocycles. The molecule has 0 aliphatic rings. The fourth-order valence-electron chi connectivity index (χ4n) is 1.46. The summed E-state index contributed by atoms with van der Waals surface area (Å²) in [6, 6.07) is 5.38. The molecule has 0 unspecified atom stereocenters. The topological polar surface area (TPSA) is 59.3 Å². The normalized spacial score (nSPS) is 9.53. The summed E-state index contributed by atoms with van der Waals surface area (Å²) in [6.45, 7) is 2.07. The lowest BCUT2D eigenvalue weighted by Crippen LogP contribution is -2.09. The Hall–Kier alpha value is -1.67. The minimum absolute atomic E-state index is 0.0831. The van der Waals surface area contributed by atoms with Crippen molar-refractivity contribution in [3.8, 4) is 11.8 Å². The molecule has 0 heterocycles. The zero-order valence-electron chi connectivity index (χ0n) is 9.69. The minimum atomic E-state index is -0.346. The van der Waals surface area contributed by atoms with Gasteiger partial charge in [-0.05, 0) is 13.0 Å². The van der Waals surface area contributed by atoms with Crippen LogP contribution in [0.5, 0.6) is 5.75 Å². The number of ether oxygens (including phenoxy) is 2. The van der Waals surface area contributed by atoms with Crippen LogP contribution in [0.1, 0.15) is 18.1 Å². The summed E-state index contributed by atoms with van der Waals surface area (Å²) < 4.78 is 10.0. The van der Waals surface area contributed by atoms with Crippen LogP contribution in [0.4, 0.5) is 0 Å². The van der Waals surface area contributed by atoms with Gasteiger partial charge in [-0.2, -0.15) is 5.26 Å². The van der Waals surface area contributed by atoms with Crippen LogP contribution in [0.25, 0.3) is 0 Å². The van der Waals surface area contributed by atoms with Crippen LogP contribution in [0, 0.1) is 11.3 Å². The monoisotopic (exact) mass is 251 g/mol. The Labute approximate surface area is 106 Å². The number of hydrogen-bond acceptors (Lipinski definition) is 5. The van der Waals surface area contributed by atoms with Crippen LogP contribution in [0.2, 0.25) is 0 Å². The lowest BCUT2D eigenvalue weighted by Gasteiger charge is -2.11. The number of carbonyl (C=O) groups is 1. The summed E-state index contributed by atoms with van der Waals surface area (Å²) in [5.41, 5.74) is 0.956. The maximum Gasteiger partial charge on any atom is 0.310 e. The van der Waals surface area contributed by atoms with E-state index in [0.29, 0.717) is 28.4 Å². The lowest BCUT2D eigenvalue weighted by atomic mass is 10.1. The van der Waals surface area contributed by atoms with Crippen molar-refractivity contribution in [3.63, 3.8) is 0 Å². The van der Waals surface area contributed by atoms with E-state index in [9.17, 15) is 4.79 Å². The van der Waals surface area contributed by atoms with E-state index in [2.05, 4.69) is 12.6 Å². The standard InChI is InChI=1S/C12H13NO3S/c1-3-16-11(14)6-8-4-5-10(17)9(7-13)12(8)15-2/h4-5,17H,3,6H2,1-2H3. The minimum Gasteiger partial charge on any atom is -0.495 e. The van der Waals surface area contributed by atoms with Gasteiger partial charge in [0, 0.05) is 10.5 Å². The number of thiol groups is 1. The van der Waals surface area contributed by atoms with Gasteiger partial charge in [0.05, 0.1) is 20.1 Å². The van der Waals surface area contributed by atoms with Gasteiger partial charge in [0.25, 0.3) is 0 Å². The van der Waals surface area contributed by atoms with E-state index in [1.54, 1.807) is 19.1 Å². The van der Waals surface area contributed by atoms with Gasteiger partial charge in [-0.15, -0.1) is 12.6 Å². The van der Waals surface area contributed by atoms with Gasteiger partial charge in [-0.1, -0.05) is 6.07 Å². The largest absolute Gasteiger partial charge is 0.495 e. The van der Waals surface area contributed by atoms with Gasteiger partial charge >= 0.3 is 5.97 Å². The second-order valence-corrected chi connectivity index (χ2v) is 3.73. The molecule has 17 heavy (non-hydrogen) atoms. The molecule has 0 saturated heterocycles. The maximum absolute atomic E-state index is 11.4. The molecule has 0 bridgehead atoms. The average molecular weight is 251 g/mol. The molecule has 0 spiro atoms. The molecule has 0 aliphatic heterocycles. The highest BCUT2D eigenvalue weighted by atomic mass is 32.1. The Morgan fingerprint density at radius 3 is 2.76 bits per heavy atom. The first-order valence-electron chi connectivity index (χ1n) is 5.08. The molecular weight excluding hydrogens is 238 g/mol. The average Bonchev–Trinajstić information content (AvgIpc) is 2.31.